The van der Waals surface area contributed by atoms with Gasteiger partial charge in [0.2, 0.25) is 0 Å². The van der Waals surface area contributed by atoms with Crippen molar-refractivity contribution in [2.75, 3.05) is 6.26 Å². The van der Waals surface area contributed by atoms with E-state index in [-0.39, 0.29) is 0 Å². The summed E-state index contributed by atoms with van der Waals surface area (Å²) < 4.78 is 4.17. The summed E-state index contributed by atoms with van der Waals surface area (Å²) in [5, 5.41) is 0. The van der Waals surface area contributed by atoms with Gasteiger partial charge in [-0.05, 0) is 12.1 Å². The maximum absolute atomic E-state index is 4.27. The van der Waals surface area contributed by atoms with E-state index in [1.807, 2.05) is 43.0 Å². The molecule has 0 spiro atoms. The third-order valence-corrected chi connectivity index (χ3v) is 2.59. The van der Waals surface area contributed by atoms with Crippen LogP contribution in [0.1, 0.15) is 5.69 Å². The molecule has 2 heterocycles. The van der Waals surface area contributed by atoms with Crippen LogP contribution in [0.15, 0.2) is 43.1 Å². The molecule has 0 radical (unpaired) electrons. The smallest absolute Gasteiger partial charge is 0.255 e. The summed E-state index contributed by atoms with van der Waals surface area (Å²) in [5.41, 5.74) is 1.08. The van der Waals surface area contributed by atoms with E-state index < -0.39 is 0 Å². The molecule has 0 unspecified atom stereocenters. The Bertz CT molecular complexity index is 397. The zero-order valence-corrected chi connectivity index (χ0v) is 8.81. The highest BCUT2D eigenvalue weighted by Gasteiger charge is 2.03. The highest BCUT2D eigenvalue weighted by molar-refractivity contribution is 7.97. The fourth-order valence-corrected chi connectivity index (χ4v) is 1.65. The first-order chi connectivity index (χ1) is 6.88. The Morgan fingerprint density at radius 1 is 1.50 bits per heavy atom. The lowest BCUT2D eigenvalue weighted by Gasteiger charge is -1.94. The highest BCUT2D eigenvalue weighted by atomic mass is 32.2. The molecule has 3 nitrogen and oxygen atoms in total. The van der Waals surface area contributed by atoms with Crippen LogP contribution in [0.5, 0.6) is 0 Å². The summed E-state index contributed by atoms with van der Waals surface area (Å²) in [4.78, 5) is 4.27. The van der Waals surface area contributed by atoms with E-state index in [0.717, 1.165) is 12.2 Å². The summed E-state index contributed by atoms with van der Waals surface area (Å²) in [6.07, 6.45) is 10.0. The van der Waals surface area contributed by atoms with E-state index >= 15 is 0 Å². The average molecular weight is 206 g/mol. The highest BCUT2D eigenvalue weighted by Crippen LogP contribution is 1.98. The Morgan fingerprint density at radius 3 is 3.07 bits per heavy atom. The fraction of sp³-hybridized carbons (Fsp3) is 0.200. The lowest BCUT2D eigenvalue weighted by Crippen LogP contribution is -2.31. The van der Waals surface area contributed by atoms with Gasteiger partial charge in [0.15, 0.2) is 0 Å². The van der Waals surface area contributed by atoms with Gasteiger partial charge in [0.1, 0.15) is 18.9 Å². The van der Waals surface area contributed by atoms with Crippen molar-refractivity contribution in [1.29, 1.82) is 0 Å². The Hall–Kier alpha value is -1.29. The second-order valence-electron chi connectivity index (χ2n) is 2.95. The van der Waals surface area contributed by atoms with Crippen molar-refractivity contribution in [1.82, 2.24) is 8.96 Å². The van der Waals surface area contributed by atoms with Crippen molar-refractivity contribution in [2.24, 2.45) is 0 Å². The number of imidazole rings is 1. The zero-order chi connectivity index (χ0) is 9.80. The molecule has 2 aromatic rings. The van der Waals surface area contributed by atoms with Gasteiger partial charge in [0.05, 0.1) is 17.6 Å². The predicted molar refractivity (Wildman–Crippen MR) is 56.9 cm³/mol. The van der Waals surface area contributed by atoms with Crippen LogP contribution in [0.2, 0.25) is 0 Å². The molecule has 0 atom stereocenters. The van der Waals surface area contributed by atoms with Gasteiger partial charge in [-0.3, -0.25) is 4.98 Å². The van der Waals surface area contributed by atoms with E-state index in [4.69, 9.17) is 0 Å². The minimum absolute atomic E-state index is 0.828. The molecule has 4 heteroatoms. The summed E-state index contributed by atoms with van der Waals surface area (Å²) >= 11 is 1.68. The number of hydrogen-bond acceptors (Lipinski definition) is 2. The summed E-state index contributed by atoms with van der Waals surface area (Å²) in [6, 6.07) is 5.97. The van der Waals surface area contributed by atoms with Gasteiger partial charge in [-0.2, -0.15) is 3.97 Å². The van der Waals surface area contributed by atoms with Gasteiger partial charge < -0.3 is 0 Å². The Morgan fingerprint density at radius 2 is 2.43 bits per heavy atom. The maximum atomic E-state index is 4.27. The van der Waals surface area contributed by atoms with Crippen LogP contribution in [0.25, 0.3) is 0 Å². The van der Waals surface area contributed by atoms with Crippen molar-refractivity contribution < 1.29 is 4.57 Å². The standard InChI is InChI=1S/C10H12N3S/c1-14-13-7-6-12(9-13)8-10-4-2-3-5-11-10/h2-7,9H,8H2,1H3/q+1. The summed E-state index contributed by atoms with van der Waals surface area (Å²) in [7, 11) is 0. The van der Waals surface area contributed by atoms with Crippen LogP contribution in [0.3, 0.4) is 0 Å². The van der Waals surface area contributed by atoms with Crippen molar-refractivity contribution in [3.8, 4) is 0 Å². The molecule has 0 bridgehead atoms. The van der Waals surface area contributed by atoms with Gasteiger partial charge in [-0.1, -0.05) is 6.07 Å². The van der Waals surface area contributed by atoms with Crippen LogP contribution in [-0.4, -0.2) is 15.2 Å². The Kier molecular flexibility index (Phi) is 2.84. The van der Waals surface area contributed by atoms with E-state index in [1.165, 1.54) is 0 Å². The molecular weight excluding hydrogens is 194 g/mol. The largest absolute Gasteiger partial charge is 0.257 e. The second-order valence-corrected chi connectivity index (χ2v) is 3.74. The summed E-state index contributed by atoms with van der Waals surface area (Å²) in [5.74, 6) is 0. The van der Waals surface area contributed by atoms with Gasteiger partial charge in [0, 0.05) is 12.5 Å². The molecule has 0 saturated heterocycles. The van der Waals surface area contributed by atoms with Crippen LogP contribution >= 0.6 is 11.9 Å². The molecule has 72 valence electrons. The first kappa shape index (κ1) is 9.27. The minimum Gasteiger partial charge on any atom is -0.257 e. The zero-order valence-electron chi connectivity index (χ0n) is 8.00. The number of nitrogens with zero attached hydrogens (tertiary/aromatic N) is 3. The third-order valence-electron chi connectivity index (χ3n) is 1.95. The normalized spacial score (nSPS) is 10.4. The molecular formula is C10H12N3S+. The lowest BCUT2D eigenvalue weighted by molar-refractivity contribution is -0.687. The van der Waals surface area contributed by atoms with Gasteiger partial charge in [-0.15, -0.1) is 0 Å². The molecule has 0 aliphatic rings. The Labute approximate surface area is 87.5 Å². The number of aromatic nitrogens is 3. The molecule has 0 aromatic carbocycles. The van der Waals surface area contributed by atoms with E-state index in [2.05, 4.69) is 19.9 Å². The van der Waals surface area contributed by atoms with Crippen LogP contribution in [0.4, 0.5) is 0 Å². The monoisotopic (exact) mass is 206 g/mol. The van der Waals surface area contributed by atoms with Gasteiger partial charge in [-0.25, -0.2) is 4.57 Å². The molecule has 0 saturated carbocycles. The number of hydrogen-bond donors (Lipinski definition) is 0. The molecule has 0 aliphatic heterocycles. The van der Waals surface area contributed by atoms with E-state index in [9.17, 15) is 0 Å². The second kappa shape index (κ2) is 4.28. The molecule has 0 N–H and O–H groups in total. The van der Waals surface area contributed by atoms with E-state index in [0.29, 0.717) is 0 Å². The van der Waals surface area contributed by atoms with Crippen LogP contribution < -0.4 is 4.57 Å². The minimum atomic E-state index is 0.828. The molecule has 2 aromatic heterocycles. The Balaban J connectivity index is 2.11. The van der Waals surface area contributed by atoms with Crippen LogP contribution in [0, 0.1) is 0 Å². The van der Waals surface area contributed by atoms with Crippen molar-refractivity contribution in [2.45, 2.75) is 6.54 Å². The molecule has 14 heavy (non-hydrogen) atoms. The fourth-order valence-electron chi connectivity index (χ4n) is 1.25. The van der Waals surface area contributed by atoms with E-state index in [1.54, 1.807) is 11.9 Å². The number of pyridine rings is 1. The van der Waals surface area contributed by atoms with Gasteiger partial charge >= 0.3 is 0 Å². The molecule has 0 fully saturated rings. The van der Waals surface area contributed by atoms with Crippen molar-refractivity contribution >= 4 is 11.9 Å². The molecule has 0 aliphatic carbocycles. The topological polar surface area (TPSA) is 21.7 Å². The first-order valence-corrected chi connectivity index (χ1v) is 5.58. The van der Waals surface area contributed by atoms with Crippen LogP contribution in [-0.2, 0) is 6.54 Å². The van der Waals surface area contributed by atoms with Crippen molar-refractivity contribution in [3.63, 3.8) is 0 Å². The lowest BCUT2D eigenvalue weighted by atomic mass is 10.3. The first-order valence-electron chi connectivity index (χ1n) is 4.40. The SMILES string of the molecule is CSn1cc[n+](Cc2ccccn2)c1. The third kappa shape index (κ3) is 2.14. The maximum Gasteiger partial charge on any atom is 0.255 e. The molecule has 0 amide bonds. The number of rotatable bonds is 3. The predicted octanol–water partition coefficient (Wildman–Crippen LogP) is 1.34. The quantitative estimate of drug-likeness (QED) is 0.707. The summed E-state index contributed by atoms with van der Waals surface area (Å²) in [6.45, 7) is 0.828. The van der Waals surface area contributed by atoms with Crippen molar-refractivity contribution in [3.05, 3.63) is 48.8 Å². The van der Waals surface area contributed by atoms with Gasteiger partial charge in [0.25, 0.3) is 6.33 Å². The molecule has 2 rings (SSSR count). The average Bonchev–Trinajstić information content (AvgIpc) is 2.67.